The number of esters is 1. The molecule has 4 fully saturated rings. The van der Waals surface area contributed by atoms with Crippen molar-refractivity contribution in [2.75, 3.05) is 26.3 Å². The Morgan fingerprint density at radius 1 is 1.24 bits per heavy atom. The number of hydrogen-bond donors (Lipinski definition) is 3. The van der Waals surface area contributed by atoms with Gasteiger partial charge in [-0.25, -0.2) is 4.79 Å². The van der Waals surface area contributed by atoms with Crippen molar-refractivity contribution in [1.29, 1.82) is 0 Å². The van der Waals surface area contributed by atoms with Crippen LogP contribution in [0.2, 0.25) is 0 Å². The number of allylic oxidation sites excluding steroid dienone is 2. The maximum Gasteiger partial charge on any atom is 0.337 e. The van der Waals surface area contributed by atoms with Gasteiger partial charge < -0.3 is 39.4 Å². The standard InChI is InChI=1S/C31H48N2O8/c1-19(8-11-25-28(35)31(18-38-31)17-30(5,6)41-25)7-10-24-20(2)15-23(22(4)40-24)33-27(34)12-9-21(3)39-29(36)26-16-32-13-14-37-26/h7-9,11-12,20-26,28,32,35H,10,13-18H2,1-6H3,(H,33,34)/t20-,21-,22+,23+,24-,25+,26?,28+,31+/m0/s1. The van der Waals surface area contributed by atoms with Crippen LogP contribution in [-0.4, -0.2) is 97.2 Å². The Hall–Kier alpha value is -2.08. The summed E-state index contributed by atoms with van der Waals surface area (Å²) in [6.07, 6.45) is 8.92. The molecule has 10 nitrogen and oxygen atoms in total. The average molecular weight is 577 g/mol. The van der Waals surface area contributed by atoms with Crippen LogP contribution in [0.1, 0.15) is 60.8 Å². The van der Waals surface area contributed by atoms with E-state index in [4.69, 9.17) is 23.7 Å². The van der Waals surface area contributed by atoms with Gasteiger partial charge in [-0.3, -0.25) is 4.79 Å². The van der Waals surface area contributed by atoms with Crippen molar-refractivity contribution in [3.63, 3.8) is 0 Å². The summed E-state index contributed by atoms with van der Waals surface area (Å²) in [6, 6.07) is -0.117. The summed E-state index contributed by atoms with van der Waals surface area (Å²) >= 11 is 0. The minimum absolute atomic E-state index is 0.0339. The van der Waals surface area contributed by atoms with Gasteiger partial charge >= 0.3 is 5.97 Å². The predicted molar refractivity (Wildman–Crippen MR) is 153 cm³/mol. The molecule has 0 bridgehead atoms. The first-order valence-corrected chi connectivity index (χ1v) is 14.9. The quantitative estimate of drug-likeness (QED) is 0.164. The maximum atomic E-state index is 12.6. The molecule has 4 aliphatic heterocycles. The number of nitrogens with one attached hydrogen (secondary N) is 2. The van der Waals surface area contributed by atoms with Gasteiger partial charge in [-0.05, 0) is 59.5 Å². The topological polar surface area (TPSA) is 128 Å². The van der Waals surface area contributed by atoms with E-state index in [0.717, 1.165) is 18.4 Å². The van der Waals surface area contributed by atoms with E-state index in [-0.39, 0.29) is 35.7 Å². The van der Waals surface area contributed by atoms with Gasteiger partial charge in [0.2, 0.25) is 5.91 Å². The summed E-state index contributed by atoms with van der Waals surface area (Å²) in [4.78, 5) is 24.8. The molecule has 1 amide bonds. The fraction of sp³-hybridized carbons (Fsp3) is 0.742. The summed E-state index contributed by atoms with van der Waals surface area (Å²) < 4.78 is 28.8. The molecule has 1 spiro atoms. The van der Waals surface area contributed by atoms with Crippen molar-refractivity contribution < 1.29 is 38.4 Å². The van der Waals surface area contributed by atoms with E-state index in [9.17, 15) is 14.7 Å². The molecule has 230 valence electrons. The van der Waals surface area contributed by atoms with E-state index >= 15 is 0 Å². The first kappa shape index (κ1) is 31.8. The average Bonchev–Trinajstić information content (AvgIpc) is 3.69. The molecule has 41 heavy (non-hydrogen) atoms. The first-order valence-electron chi connectivity index (χ1n) is 14.9. The Labute approximate surface area is 243 Å². The first-order chi connectivity index (χ1) is 19.4. The molecule has 4 rings (SSSR count). The van der Waals surface area contributed by atoms with Crippen LogP contribution < -0.4 is 10.6 Å². The van der Waals surface area contributed by atoms with Gasteiger partial charge in [0, 0.05) is 25.6 Å². The van der Waals surface area contributed by atoms with Gasteiger partial charge in [-0.2, -0.15) is 0 Å². The van der Waals surface area contributed by atoms with Crippen LogP contribution in [0.4, 0.5) is 0 Å². The number of hydrogen-bond acceptors (Lipinski definition) is 9. The third-order valence-corrected chi connectivity index (χ3v) is 8.32. The van der Waals surface area contributed by atoms with E-state index in [0.29, 0.717) is 32.7 Å². The molecule has 0 saturated carbocycles. The second kappa shape index (κ2) is 13.5. The zero-order valence-corrected chi connectivity index (χ0v) is 25.3. The number of carbonyl (C=O) groups is 2. The summed E-state index contributed by atoms with van der Waals surface area (Å²) in [5.41, 5.74) is 0.253. The summed E-state index contributed by atoms with van der Waals surface area (Å²) in [5, 5.41) is 16.9. The second-order valence-corrected chi connectivity index (χ2v) is 12.6. The zero-order chi connectivity index (χ0) is 29.8. The lowest BCUT2D eigenvalue weighted by molar-refractivity contribution is -0.171. The van der Waals surface area contributed by atoms with Gasteiger partial charge in [0.15, 0.2) is 6.10 Å². The predicted octanol–water partition coefficient (Wildman–Crippen LogP) is 2.35. The maximum absolute atomic E-state index is 12.6. The molecule has 10 heteroatoms. The highest BCUT2D eigenvalue weighted by molar-refractivity contribution is 5.88. The van der Waals surface area contributed by atoms with Crippen molar-refractivity contribution in [1.82, 2.24) is 10.6 Å². The SMILES string of the molecule is CC(C=C[C@H]1OC(C)(C)C[C@@]2(CO2)[C@@H]1O)=CC[C@@H]1O[C@H](C)[C@H](NC(=O)C=C[C@H](C)OC(=O)C2CNCCO2)C[C@@H]1C. The Morgan fingerprint density at radius 3 is 2.68 bits per heavy atom. The number of epoxide rings is 1. The number of aliphatic hydroxyl groups excluding tert-OH is 1. The molecule has 0 aromatic carbocycles. The molecule has 9 atom stereocenters. The number of aliphatic hydroxyl groups is 1. The third-order valence-electron chi connectivity index (χ3n) is 8.32. The second-order valence-electron chi connectivity index (χ2n) is 12.6. The van der Waals surface area contributed by atoms with Crippen molar-refractivity contribution in [3.8, 4) is 0 Å². The molecule has 4 aliphatic rings. The highest BCUT2D eigenvalue weighted by Crippen LogP contribution is 2.46. The lowest BCUT2D eigenvalue weighted by Gasteiger charge is -2.41. The third kappa shape index (κ3) is 8.72. The zero-order valence-electron chi connectivity index (χ0n) is 25.3. The summed E-state index contributed by atoms with van der Waals surface area (Å²) in [7, 11) is 0. The molecule has 4 heterocycles. The molecule has 0 aromatic rings. The van der Waals surface area contributed by atoms with E-state index in [2.05, 4.69) is 23.6 Å². The summed E-state index contributed by atoms with van der Waals surface area (Å²) in [5.74, 6) is -0.438. The van der Waals surface area contributed by atoms with Crippen LogP contribution in [0, 0.1) is 5.92 Å². The lowest BCUT2D eigenvalue weighted by atomic mass is 9.83. The van der Waals surface area contributed by atoms with Crippen molar-refractivity contribution in [3.05, 3.63) is 36.0 Å². The Bertz CT molecular complexity index is 1010. The lowest BCUT2D eigenvalue weighted by Crippen LogP contribution is -2.53. The van der Waals surface area contributed by atoms with Crippen molar-refractivity contribution >= 4 is 11.9 Å². The van der Waals surface area contributed by atoms with E-state index in [1.807, 2.05) is 39.8 Å². The number of carbonyl (C=O) groups excluding carboxylic acids is 2. The fourth-order valence-corrected chi connectivity index (χ4v) is 5.91. The highest BCUT2D eigenvalue weighted by Gasteiger charge is 2.60. The Kier molecular flexibility index (Phi) is 10.5. The minimum atomic E-state index is -0.670. The Balaban J connectivity index is 1.21. The van der Waals surface area contributed by atoms with Gasteiger partial charge in [-0.1, -0.05) is 30.7 Å². The summed E-state index contributed by atoms with van der Waals surface area (Å²) in [6.45, 7) is 14.1. The van der Waals surface area contributed by atoms with E-state index in [1.54, 1.807) is 13.0 Å². The van der Waals surface area contributed by atoms with Crippen LogP contribution >= 0.6 is 0 Å². The monoisotopic (exact) mass is 576 g/mol. The van der Waals surface area contributed by atoms with Crippen molar-refractivity contribution in [2.45, 2.75) is 115 Å². The van der Waals surface area contributed by atoms with Crippen LogP contribution in [0.25, 0.3) is 0 Å². The number of amides is 1. The number of ether oxygens (including phenoxy) is 5. The molecule has 3 N–H and O–H groups in total. The molecule has 0 radical (unpaired) electrons. The normalized spacial score (nSPS) is 38.2. The van der Waals surface area contributed by atoms with Crippen LogP contribution in [0.15, 0.2) is 36.0 Å². The fourth-order valence-electron chi connectivity index (χ4n) is 5.91. The number of rotatable bonds is 9. The smallest absolute Gasteiger partial charge is 0.337 e. The molecular weight excluding hydrogens is 528 g/mol. The van der Waals surface area contributed by atoms with Crippen LogP contribution in [0.5, 0.6) is 0 Å². The van der Waals surface area contributed by atoms with Gasteiger partial charge in [-0.15, -0.1) is 0 Å². The van der Waals surface area contributed by atoms with Gasteiger partial charge in [0.05, 0.1) is 37.1 Å². The largest absolute Gasteiger partial charge is 0.456 e. The van der Waals surface area contributed by atoms with Crippen molar-refractivity contribution in [2.24, 2.45) is 5.92 Å². The molecule has 4 saturated heterocycles. The van der Waals surface area contributed by atoms with Crippen LogP contribution in [-0.2, 0) is 33.3 Å². The van der Waals surface area contributed by atoms with E-state index < -0.39 is 36.0 Å². The number of morpholine rings is 1. The highest BCUT2D eigenvalue weighted by atomic mass is 16.6. The molecule has 0 aliphatic carbocycles. The van der Waals surface area contributed by atoms with E-state index in [1.165, 1.54) is 6.08 Å². The molecule has 1 unspecified atom stereocenters. The Morgan fingerprint density at radius 2 is 2.00 bits per heavy atom. The van der Waals surface area contributed by atoms with Gasteiger partial charge in [0.25, 0.3) is 0 Å². The van der Waals surface area contributed by atoms with Gasteiger partial charge in [0.1, 0.15) is 23.9 Å². The molecule has 0 aromatic heterocycles. The van der Waals surface area contributed by atoms with Crippen LogP contribution in [0.3, 0.4) is 0 Å². The molecular formula is C31H48N2O8. The minimum Gasteiger partial charge on any atom is -0.456 e.